The molecule has 1 amide bonds. The lowest BCUT2D eigenvalue weighted by Crippen LogP contribution is -2.49. The van der Waals surface area contributed by atoms with E-state index in [1.165, 1.54) is 11.3 Å². The van der Waals surface area contributed by atoms with Gasteiger partial charge in [0.1, 0.15) is 21.5 Å². The molecule has 0 N–H and O–H groups in total. The largest absolute Gasteiger partial charge is 0.353 e. The summed E-state index contributed by atoms with van der Waals surface area (Å²) in [5.74, 6) is 2.22. The van der Waals surface area contributed by atoms with Gasteiger partial charge in [-0.3, -0.25) is 4.79 Å². The zero-order chi connectivity index (χ0) is 20.5. The molecule has 0 aromatic carbocycles. The van der Waals surface area contributed by atoms with Crippen molar-refractivity contribution >= 4 is 34.4 Å². The predicted molar refractivity (Wildman–Crippen MR) is 119 cm³/mol. The van der Waals surface area contributed by atoms with Crippen LogP contribution in [0.2, 0.25) is 0 Å². The minimum Gasteiger partial charge on any atom is -0.353 e. The lowest BCUT2D eigenvalue weighted by atomic mass is 10.2. The minimum absolute atomic E-state index is 0.0860. The number of piperazine rings is 1. The maximum absolute atomic E-state index is 13.1. The van der Waals surface area contributed by atoms with Gasteiger partial charge in [-0.05, 0) is 25.3 Å². The van der Waals surface area contributed by atoms with Crippen LogP contribution in [0.15, 0.2) is 22.9 Å². The fourth-order valence-electron chi connectivity index (χ4n) is 3.38. The number of hydrogen-bond acceptors (Lipinski definition) is 7. The molecule has 0 atom stereocenters. The summed E-state index contributed by atoms with van der Waals surface area (Å²) >= 11 is 3.14. The molecule has 3 aromatic rings. The van der Waals surface area contributed by atoms with Gasteiger partial charge in [0.15, 0.2) is 0 Å². The molecule has 0 radical (unpaired) electrons. The standard InChI is InChI=1S/C21H25N5OS2/c1-13(2)19-22-14(3)11-17(24-19)25-6-8-26(9-7-25)21(27)18-15(4)23-20(29-18)16-5-10-28-12-16/h5,10-13H,6-9H2,1-4H3. The molecule has 1 fully saturated rings. The summed E-state index contributed by atoms with van der Waals surface area (Å²) in [5, 5.41) is 5.02. The van der Waals surface area contributed by atoms with E-state index in [9.17, 15) is 4.79 Å². The van der Waals surface area contributed by atoms with Gasteiger partial charge in [0, 0.05) is 54.8 Å². The molecule has 0 saturated carbocycles. The number of rotatable bonds is 4. The van der Waals surface area contributed by atoms with Crippen molar-refractivity contribution in [3.8, 4) is 10.6 Å². The van der Waals surface area contributed by atoms with Crippen molar-refractivity contribution in [1.82, 2.24) is 19.9 Å². The molecular weight excluding hydrogens is 402 g/mol. The van der Waals surface area contributed by atoms with Gasteiger partial charge in [0.2, 0.25) is 0 Å². The summed E-state index contributed by atoms with van der Waals surface area (Å²) in [7, 11) is 0. The maximum Gasteiger partial charge on any atom is 0.265 e. The Morgan fingerprint density at radius 3 is 2.52 bits per heavy atom. The Morgan fingerprint density at radius 1 is 1.10 bits per heavy atom. The van der Waals surface area contributed by atoms with E-state index >= 15 is 0 Å². The third-order valence-corrected chi connectivity index (χ3v) is 6.90. The Hall–Kier alpha value is -2.32. The van der Waals surface area contributed by atoms with Crippen molar-refractivity contribution in [3.05, 3.63) is 45.0 Å². The summed E-state index contributed by atoms with van der Waals surface area (Å²) in [5.41, 5.74) is 2.89. The van der Waals surface area contributed by atoms with Gasteiger partial charge in [-0.1, -0.05) is 13.8 Å². The number of hydrogen-bond donors (Lipinski definition) is 0. The van der Waals surface area contributed by atoms with E-state index in [1.807, 2.05) is 36.3 Å². The Bertz CT molecular complexity index is 1000. The summed E-state index contributed by atoms with van der Waals surface area (Å²) in [6, 6.07) is 4.08. The molecule has 4 rings (SSSR count). The van der Waals surface area contributed by atoms with Gasteiger partial charge in [-0.15, -0.1) is 11.3 Å². The molecule has 6 nitrogen and oxygen atoms in total. The van der Waals surface area contributed by atoms with Gasteiger partial charge in [-0.25, -0.2) is 15.0 Å². The molecule has 0 unspecified atom stereocenters. The first-order valence-corrected chi connectivity index (χ1v) is 11.6. The van der Waals surface area contributed by atoms with Crippen molar-refractivity contribution in [2.24, 2.45) is 0 Å². The van der Waals surface area contributed by atoms with Crippen LogP contribution in [0.4, 0.5) is 5.82 Å². The Balaban J connectivity index is 1.46. The Morgan fingerprint density at radius 2 is 1.86 bits per heavy atom. The average molecular weight is 428 g/mol. The number of carbonyl (C=O) groups excluding carboxylic acids is 1. The van der Waals surface area contributed by atoms with Crippen LogP contribution in [0, 0.1) is 13.8 Å². The number of nitrogens with zero attached hydrogens (tertiary/aromatic N) is 5. The molecule has 0 bridgehead atoms. The summed E-state index contributed by atoms with van der Waals surface area (Å²) in [6.45, 7) is 11.1. The molecule has 29 heavy (non-hydrogen) atoms. The lowest BCUT2D eigenvalue weighted by Gasteiger charge is -2.35. The Labute approximate surface area is 179 Å². The molecule has 3 aromatic heterocycles. The van der Waals surface area contributed by atoms with E-state index < -0.39 is 0 Å². The van der Waals surface area contributed by atoms with Gasteiger partial charge in [0.05, 0.1) is 5.69 Å². The van der Waals surface area contributed by atoms with Crippen molar-refractivity contribution < 1.29 is 4.79 Å². The molecule has 0 aliphatic carbocycles. The molecule has 4 heterocycles. The van der Waals surface area contributed by atoms with Gasteiger partial charge < -0.3 is 9.80 Å². The van der Waals surface area contributed by atoms with Crippen LogP contribution in [0.25, 0.3) is 10.6 Å². The van der Waals surface area contributed by atoms with Crippen LogP contribution in [0.3, 0.4) is 0 Å². The highest BCUT2D eigenvalue weighted by molar-refractivity contribution is 7.17. The Kier molecular flexibility index (Phi) is 5.65. The van der Waals surface area contributed by atoms with E-state index in [0.717, 1.165) is 51.6 Å². The third kappa shape index (κ3) is 4.18. The number of anilines is 1. The highest BCUT2D eigenvalue weighted by atomic mass is 32.1. The van der Waals surface area contributed by atoms with E-state index in [4.69, 9.17) is 4.98 Å². The molecule has 8 heteroatoms. The number of amides is 1. The molecule has 0 spiro atoms. The smallest absolute Gasteiger partial charge is 0.265 e. The van der Waals surface area contributed by atoms with Gasteiger partial charge in [-0.2, -0.15) is 11.3 Å². The summed E-state index contributed by atoms with van der Waals surface area (Å²) in [6.07, 6.45) is 0. The molecule has 1 aliphatic rings. The SMILES string of the molecule is Cc1cc(N2CCN(C(=O)c3sc(-c4ccsc4)nc3C)CC2)nc(C(C)C)n1. The molecule has 1 saturated heterocycles. The number of thiazole rings is 1. The van der Waals surface area contributed by atoms with E-state index in [0.29, 0.717) is 19.0 Å². The second-order valence-electron chi connectivity index (χ2n) is 7.61. The fourth-order valence-corrected chi connectivity index (χ4v) is 5.13. The first-order valence-electron chi connectivity index (χ1n) is 9.82. The average Bonchev–Trinajstić information content (AvgIpc) is 3.37. The first kappa shape index (κ1) is 20.0. The second kappa shape index (κ2) is 8.20. The highest BCUT2D eigenvalue weighted by Crippen LogP contribution is 2.30. The van der Waals surface area contributed by atoms with Gasteiger partial charge in [0.25, 0.3) is 5.91 Å². The fraction of sp³-hybridized carbons (Fsp3) is 0.429. The quantitative estimate of drug-likeness (QED) is 0.619. The molecular formula is C21H25N5OS2. The third-order valence-electron chi connectivity index (χ3n) is 5.02. The van der Waals surface area contributed by atoms with Crippen LogP contribution >= 0.6 is 22.7 Å². The lowest BCUT2D eigenvalue weighted by molar-refractivity contribution is 0.0750. The van der Waals surface area contributed by atoms with E-state index in [2.05, 4.69) is 34.1 Å². The summed E-state index contributed by atoms with van der Waals surface area (Å²) in [4.78, 5) is 31.9. The minimum atomic E-state index is 0.0860. The highest BCUT2D eigenvalue weighted by Gasteiger charge is 2.26. The van der Waals surface area contributed by atoms with Crippen molar-refractivity contribution in [3.63, 3.8) is 0 Å². The number of aromatic nitrogens is 3. The second-order valence-corrected chi connectivity index (χ2v) is 9.38. The van der Waals surface area contributed by atoms with Crippen LogP contribution < -0.4 is 4.90 Å². The normalized spacial score (nSPS) is 14.7. The maximum atomic E-state index is 13.1. The number of carbonyl (C=O) groups is 1. The van der Waals surface area contributed by atoms with Crippen molar-refractivity contribution in [2.45, 2.75) is 33.6 Å². The van der Waals surface area contributed by atoms with Crippen molar-refractivity contribution in [2.75, 3.05) is 31.1 Å². The summed E-state index contributed by atoms with van der Waals surface area (Å²) < 4.78 is 0. The van der Waals surface area contributed by atoms with Crippen LogP contribution in [-0.2, 0) is 0 Å². The zero-order valence-electron chi connectivity index (χ0n) is 17.2. The number of thiophene rings is 1. The topological polar surface area (TPSA) is 62.2 Å². The van der Waals surface area contributed by atoms with Gasteiger partial charge >= 0.3 is 0 Å². The molecule has 152 valence electrons. The number of aryl methyl sites for hydroxylation is 2. The first-order chi connectivity index (χ1) is 13.9. The van der Waals surface area contributed by atoms with Crippen LogP contribution in [0.1, 0.15) is 46.6 Å². The monoisotopic (exact) mass is 427 g/mol. The predicted octanol–water partition coefficient (Wildman–Crippen LogP) is 4.36. The zero-order valence-corrected chi connectivity index (χ0v) is 18.8. The van der Waals surface area contributed by atoms with Crippen LogP contribution in [-0.4, -0.2) is 51.9 Å². The van der Waals surface area contributed by atoms with Crippen LogP contribution in [0.5, 0.6) is 0 Å². The van der Waals surface area contributed by atoms with E-state index in [-0.39, 0.29) is 5.91 Å². The van der Waals surface area contributed by atoms with E-state index in [1.54, 1.807) is 11.3 Å². The van der Waals surface area contributed by atoms with Crippen molar-refractivity contribution in [1.29, 1.82) is 0 Å². The molecule has 1 aliphatic heterocycles.